The number of furan rings is 1. The molecule has 1 aromatic carbocycles. The summed E-state index contributed by atoms with van der Waals surface area (Å²) in [6.07, 6.45) is 4.42. The van der Waals surface area contributed by atoms with Gasteiger partial charge >= 0.3 is 5.97 Å². The molecule has 0 radical (unpaired) electrons. The third kappa shape index (κ3) is 5.61. The van der Waals surface area contributed by atoms with E-state index in [-0.39, 0.29) is 30.9 Å². The summed E-state index contributed by atoms with van der Waals surface area (Å²) in [4.78, 5) is 24.1. The normalized spacial score (nSPS) is 19.3. The van der Waals surface area contributed by atoms with Crippen molar-refractivity contribution in [3.63, 3.8) is 0 Å². The number of esters is 1. The highest BCUT2D eigenvalue weighted by Gasteiger charge is 2.23. The van der Waals surface area contributed by atoms with Gasteiger partial charge in [0.1, 0.15) is 18.1 Å². The average molecular weight is 371 g/mol. The fourth-order valence-corrected chi connectivity index (χ4v) is 3.22. The van der Waals surface area contributed by atoms with Crippen LogP contribution in [0.1, 0.15) is 48.9 Å². The Morgan fingerprint density at radius 2 is 1.89 bits per heavy atom. The van der Waals surface area contributed by atoms with Crippen molar-refractivity contribution in [1.29, 1.82) is 0 Å². The van der Waals surface area contributed by atoms with Gasteiger partial charge in [-0.1, -0.05) is 38.0 Å². The van der Waals surface area contributed by atoms with Crippen molar-refractivity contribution in [2.45, 2.75) is 45.3 Å². The van der Waals surface area contributed by atoms with Crippen molar-refractivity contribution >= 4 is 11.9 Å². The molecule has 0 saturated heterocycles. The first-order valence-corrected chi connectivity index (χ1v) is 9.35. The summed E-state index contributed by atoms with van der Waals surface area (Å²) in [7, 11) is 0. The molecule has 1 aliphatic rings. The third-order valence-corrected chi connectivity index (χ3v) is 4.78. The van der Waals surface area contributed by atoms with Crippen LogP contribution >= 0.6 is 0 Å². The lowest BCUT2D eigenvalue weighted by Crippen LogP contribution is -2.42. The molecule has 1 N–H and O–H groups in total. The Balaban J connectivity index is 1.43. The van der Waals surface area contributed by atoms with Gasteiger partial charge in [-0.25, -0.2) is 4.79 Å². The van der Waals surface area contributed by atoms with Gasteiger partial charge in [-0.15, -0.1) is 0 Å². The van der Waals surface area contributed by atoms with E-state index in [1.54, 1.807) is 6.07 Å². The van der Waals surface area contributed by atoms with Gasteiger partial charge in [0.05, 0.1) is 0 Å². The lowest BCUT2D eigenvalue weighted by atomic mass is 9.86. The first-order chi connectivity index (χ1) is 13.1. The maximum absolute atomic E-state index is 12.1. The van der Waals surface area contributed by atoms with E-state index in [4.69, 9.17) is 13.9 Å². The smallest absolute Gasteiger partial charge is 0.374 e. The van der Waals surface area contributed by atoms with E-state index < -0.39 is 5.97 Å². The highest BCUT2D eigenvalue weighted by Crippen LogP contribution is 2.23. The monoisotopic (exact) mass is 371 g/mol. The summed E-state index contributed by atoms with van der Waals surface area (Å²) in [6, 6.07) is 12.7. The van der Waals surface area contributed by atoms with E-state index in [2.05, 4.69) is 12.2 Å². The van der Waals surface area contributed by atoms with E-state index in [0.29, 0.717) is 17.4 Å². The Labute approximate surface area is 158 Å². The topological polar surface area (TPSA) is 77.8 Å². The van der Waals surface area contributed by atoms with Crippen molar-refractivity contribution in [2.24, 2.45) is 5.92 Å². The van der Waals surface area contributed by atoms with Gasteiger partial charge in [-0.3, -0.25) is 4.79 Å². The van der Waals surface area contributed by atoms with E-state index in [0.717, 1.165) is 19.3 Å². The third-order valence-electron chi connectivity index (χ3n) is 4.78. The van der Waals surface area contributed by atoms with Crippen molar-refractivity contribution in [3.8, 4) is 5.75 Å². The van der Waals surface area contributed by atoms with E-state index >= 15 is 0 Å². The molecule has 27 heavy (non-hydrogen) atoms. The van der Waals surface area contributed by atoms with Gasteiger partial charge in [0, 0.05) is 6.04 Å². The first kappa shape index (κ1) is 19.0. The molecule has 1 aromatic heterocycles. The average Bonchev–Trinajstić information content (AvgIpc) is 3.16. The fraction of sp³-hybridized carbons (Fsp3) is 0.429. The van der Waals surface area contributed by atoms with Gasteiger partial charge < -0.3 is 19.2 Å². The SMILES string of the molecule is C[C@@H]1CCCC[C@@H]1NC(=O)COC(=O)c1ccc(COc2ccccc2)o1. The molecule has 2 atom stereocenters. The van der Waals surface area contributed by atoms with Crippen molar-refractivity contribution in [2.75, 3.05) is 6.61 Å². The Morgan fingerprint density at radius 1 is 1.11 bits per heavy atom. The molecule has 2 aromatic rings. The van der Waals surface area contributed by atoms with Crippen LogP contribution in [0.2, 0.25) is 0 Å². The zero-order valence-electron chi connectivity index (χ0n) is 15.5. The highest BCUT2D eigenvalue weighted by molar-refractivity contribution is 5.88. The van der Waals surface area contributed by atoms with Crippen LogP contribution in [-0.4, -0.2) is 24.5 Å². The maximum Gasteiger partial charge on any atom is 0.374 e. The minimum atomic E-state index is -0.659. The minimum absolute atomic E-state index is 0.0560. The number of amides is 1. The molecule has 0 unspecified atom stereocenters. The molecular formula is C21H25NO5. The van der Waals surface area contributed by atoms with Crippen LogP contribution in [0.25, 0.3) is 0 Å². The number of rotatable bonds is 7. The van der Waals surface area contributed by atoms with E-state index in [9.17, 15) is 9.59 Å². The molecule has 6 nitrogen and oxygen atoms in total. The van der Waals surface area contributed by atoms with E-state index in [1.165, 1.54) is 12.5 Å². The quantitative estimate of drug-likeness (QED) is 0.751. The lowest BCUT2D eigenvalue weighted by Gasteiger charge is -2.29. The molecule has 1 saturated carbocycles. The maximum atomic E-state index is 12.1. The Bertz CT molecular complexity index is 755. The molecule has 144 valence electrons. The summed E-state index contributed by atoms with van der Waals surface area (Å²) >= 11 is 0. The fourth-order valence-electron chi connectivity index (χ4n) is 3.22. The molecule has 0 aliphatic heterocycles. The second-order valence-corrected chi connectivity index (χ2v) is 6.88. The van der Waals surface area contributed by atoms with Gasteiger partial charge in [0.2, 0.25) is 5.76 Å². The van der Waals surface area contributed by atoms with Crippen LogP contribution in [0.3, 0.4) is 0 Å². The minimum Gasteiger partial charge on any atom is -0.486 e. The van der Waals surface area contributed by atoms with Gasteiger partial charge in [-0.2, -0.15) is 0 Å². The van der Waals surface area contributed by atoms with Gasteiger partial charge in [0.15, 0.2) is 6.61 Å². The largest absolute Gasteiger partial charge is 0.486 e. The molecule has 1 heterocycles. The number of nitrogens with one attached hydrogen (secondary N) is 1. The molecular weight excluding hydrogens is 346 g/mol. The first-order valence-electron chi connectivity index (χ1n) is 9.35. The molecule has 1 fully saturated rings. The number of para-hydroxylation sites is 1. The molecule has 1 amide bonds. The summed E-state index contributed by atoms with van der Waals surface area (Å²) in [6.45, 7) is 2.04. The molecule has 1 aliphatic carbocycles. The van der Waals surface area contributed by atoms with Crippen LogP contribution in [0.15, 0.2) is 46.9 Å². The Morgan fingerprint density at radius 3 is 2.67 bits per heavy atom. The predicted molar refractivity (Wildman–Crippen MR) is 99.3 cm³/mol. The second kappa shape index (κ2) is 9.26. The molecule has 6 heteroatoms. The van der Waals surface area contributed by atoms with Gasteiger partial charge in [-0.05, 0) is 43.0 Å². The zero-order chi connectivity index (χ0) is 19.1. The zero-order valence-corrected chi connectivity index (χ0v) is 15.5. The standard InChI is InChI=1S/C21H25NO5/c1-15-7-5-6-10-18(15)22-20(23)14-26-21(24)19-12-11-17(27-19)13-25-16-8-3-2-4-9-16/h2-4,8-9,11-12,15,18H,5-7,10,13-14H2,1H3,(H,22,23)/t15-,18+/m1/s1. The number of ether oxygens (including phenoxy) is 2. The number of carbonyl (C=O) groups is 2. The van der Waals surface area contributed by atoms with Crippen LogP contribution in [-0.2, 0) is 16.1 Å². The molecule has 0 bridgehead atoms. The lowest BCUT2D eigenvalue weighted by molar-refractivity contribution is -0.125. The molecule has 3 rings (SSSR count). The van der Waals surface area contributed by atoms with Crippen molar-refractivity contribution in [3.05, 3.63) is 54.0 Å². The summed E-state index contributed by atoms with van der Waals surface area (Å²) in [5.74, 6) is 0.795. The summed E-state index contributed by atoms with van der Waals surface area (Å²) in [5.41, 5.74) is 0. The number of hydrogen-bond acceptors (Lipinski definition) is 5. The van der Waals surface area contributed by atoms with Crippen LogP contribution < -0.4 is 10.1 Å². The van der Waals surface area contributed by atoms with Crippen LogP contribution in [0, 0.1) is 5.92 Å². The van der Waals surface area contributed by atoms with Crippen molar-refractivity contribution < 1.29 is 23.5 Å². The Hall–Kier alpha value is -2.76. The van der Waals surface area contributed by atoms with E-state index in [1.807, 2.05) is 30.3 Å². The summed E-state index contributed by atoms with van der Waals surface area (Å²) in [5, 5.41) is 2.95. The number of carbonyl (C=O) groups excluding carboxylic acids is 2. The van der Waals surface area contributed by atoms with Crippen molar-refractivity contribution in [1.82, 2.24) is 5.32 Å². The highest BCUT2D eigenvalue weighted by atomic mass is 16.6. The summed E-state index contributed by atoms with van der Waals surface area (Å²) < 4.78 is 16.1. The number of benzene rings is 1. The van der Waals surface area contributed by atoms with Gasteiger partial charge in [0.25, 0.3) is 5.91 Å². The Kier molecular flexibility index (Phi) is 6.52. The number of hydrogen-bond donors (Lipinski definition) is 1. The van der Waals surface area contributed by atoms with Crippen LogP contribution in [0.5, 0.6) is 5.75 Å². The molecule has 0 spiro atoms. The predicted octanol–water partition coefficient (Wildman–Crippen LogP) is 3.71. The second-order valence-electron chi connectivity index (χ2n) is 6.88. The van der Waals surface area contributed by atoms with Crippen LogP contribution in [0.4, 0.5) is 0 Å².